The first-order chi connectivity index (χ1) is 8.45. The molecule has 96 valence electrons. The maximum Gasteiger partial charge on any atom is 0.0755 e. The van der Waals surface area contributed by atoms with Crippen molar-refractivity contribution >= 4 is 16.6 Å². The molecule has 1 heterocycles. The SMILES string of the molecule is CNc1c(C(C)C)c(C)nc2c(C)cc(C)cc12. The van der Waals surface area contributed by atoms with Crippen LogP contribution < -0.4 is 5.32 Å². The lowest BCUT2D eigenvalue weighted by Gasteiger charge is -2.19. The molecule has 0 spiro atoms. The molecule has 2 rings (SSSR count). The molecule has 0 unspecified atom stereocenters. The van der Waals surface area contributed by atoms with Crippen LogP contribution in [0.1, 0.15) is 42.1 Å². The zero-order valence-corrected chi connectivity index (χ0v) is 12.2. The van der Waals surface area contributed by atoms with E-state index in [0.29, 0.717) is 5.92 Å². The molecule has 2 aromatic rings. The molecule has 0 amide bonds. The minimum absolute atomic E-state index is 0.477. The van der Waals surface area contributed by atoms with E-state index in [1.807, 2.05) is 7.05 Å². The summed E-state index contributed by atoms with van der Waals surface area (Å²) in [5, 5.41) is 4.62. The van der Waals surface area contributed by atoms with Crippen LogP contribution in [0.15, 0.2) is 12.1 Å². The van der Waals surface area contributed by atoms with Crippen molar-refractivity contribution in [3.05, 3.63) is 34.5 Å². The van der Waals surface area contributed by atoms with E-state index in [0.717, 1.165) is 11.2 Å². The second-order valence-electron chi connectivity index (χ2n) is 5.37. The Balaban J connectivity index is 2.94. The van der Waals surface area contributed by atoms with Gasteiger partial charge in [-0.05, 0) is 43.9 Å². The van der Waals surface area contributed by atoms with Crippen molar-refractivity contribution in [2.75, 3.05) is 12.4 Å². The lowest BCUT2D eigenvalue weighted by molar-refractivity contribution is 0.849. The molecule has 0 saturated carbocycles. The second kappa shape index (κ2) is 4.60. The number of nitrogens with one attached hydrogen (secondary N) is 1. The molecule has 2 nitrogen and oxygen atoms in total. The zero-order chi connectivity index (χ0) is 13.4. The molecule has 0 bridgehead atoms. The Labute approximate surface area is 109 Å². The Kier molecular flexibility index (Phi) is 3.29. The highest BCUT2D eigenvalue weighted by Gasteiger charge is 2.15. The average Bonchev–Trinajstić information content (AvgIpc) is 2.28. The Hall–Kier alpha value is -1.57. The van der Waals surface area contributed by atoms with Gasteiger partial charge in [-0.2, -0.15) is 0 Å². The molecule has 0 aliphatic carbocycles. The molecular formula is C16H22N2. The summed E-state index contributed by atoms with van der Waals surface area (Å²) in [5.41, 5.74) is 7.35. The highest BCUT2D eigenvalue weighted by molar-refractivity contribution is 5.95. The molecule has 1 N–H and O–H groups in total. The largest absolute Gasteiger partial charge is 0.387 e. The average molecular weight is 242 g/mol. The smallest absolute Gasteiger partial charge is 0.0755 e. The minimum atomic E-state index is 0.477. The fourth-order valence-electron chi connectivity index (χ4n) is 2.83. The van der Waals surface area contributed by atoms with Gasteiger partial charge in [0, 0.05) is 23.8 Å². The van der Waals surface area contributed by atoms with Gasteiger partial charge in [-0.15, -0.1) is 0 Å². The summed E-state index contributed by atoms with van der Waals surface area (Å²) in [4.78, 5) is 4.81. The number of fused-ring (bicyclic) bond motifs is 1. The molecule has 0 saturated heterocycles. The molecule has 1 aromatic heterocycles. The Morgan fingerprint density at radius 2 is 1.78 bits per heavy atom. The number of pyridine rings is 1. The van der Waals surface area contributed by atoms with Gasteiger partial charge in [0.15, 0.2) is 0 Å². The van der Waals surface area contributed by atoms with E-state index >= 15 is 0 Å². The van der Waals surface area contributed by atoms with Crippen LogP contribution in [-0.2, 0) is 0 Å². The number of benzene rings is 1. The Morgan fingerprint density at radius 3 is 2.33 bits per heavy atom. The topological polar surface area (TPSA) is 24.9 Å². The van der Waals surface area contributed by atoms with Crippen molar-refractivity contribution in [3.8, 4) is 0 Å². The van der Waals surface area contributed by atoms with Crippen LogP contribution in [0.25, 0.3) is 10.9 Å². The van der Waals surface area contributed by atoms with Crippen molar-refractivity contribution in [2.24, 2.45) is 0 Å². The molecule has 0 aliphatic heterocycles. The maximum absolute atomic E-state index is 4.81. The molecule has 0 fully saturated rings. The third kappa shape index (κ3) is 1.96. The van der Waals surface area contributed by atoms with Gasteiger partial charge in [-0.3, -0.25) is 4.98 Å². The van der Waals surface area contributed by atoms with Gasteiger partial charge in [0.1, 0.15) is 0 Å². The summed E-state index contributed by atoms with van der Waals surface area (Å²) in [6, 6.07) is 4.43. The summed E-state index contributed by atoms with van der Waals surface area (Å²) in [6.07, 6.45) is 0. The first-order valence-electron chi connectivity index (χ1n) is 6.55. The molecule has 18 heavy (non-hydrogen) atoms. The van der Waals surface area contributed by atoms with Gasteiger partial charge < -0.3 is 5.32 Å². The van der Waals surface area contributed by atoms with Crippen LogP contribution in [-0.4, -0.2) is 12.0 Å². The number of nitrogens with zero attached hydrogens (tertiary/aromatic N) is 1. The van der Waals surface area contributed by atoms with E-state index in [2.05, 4.69) is 52.1 Å². The number of aryl methyl sites for hydroxylation is 3. The normalized spacial score (nSPS) is 11.3. The summed E-state index contributed by atoms with van der Waals surface area (Å²) >= 11 is 0. The molecule has 2 heteroatoms. The van der Waals surface area contributed by atoms with E-state index in [1.54, 1.807) is 0 Å². The Bertz CT molecular complexity index is 598. The van der Waals surface area contributed by atoms with Crippen molar-refractivity contribution in [3.63, 3.8) is 0 Å². The molecule has 0 radical (unpaired) electrons. The van der Waals surface area contributed by atoms with Crippen LogP contribution >= 0.6 is 0 Å². The standard InChI is InChI=1S/C16H22N2/c1-9(2)14-12(5)18-15-11(4)7-10(3)8-13(15)16(14)17-6/h7-9H,1-6H3,(H,17,18). The second-order valence-corrected chi connectivity index (χ2v) is 5.37. The highest BCUT2D eigenvalue weighted by Crippen LogP contribution is 2.34. The number of aromatic nitrogens is 1. The Morgan fingerprint density at radius 1 is 1.11 bits per heavy atom. The van der Waals surface area contributed by atoms with Gasteiger partial charge in [0.05, 0.1) is 5.52 Å². The molecular weight excluding hydrogens is 220 g/mol. The quantitative estimate of drug-likeness (QED) is 0.848. The van der Waals surface area contributed by atoms with Crippen LogP contribution in [0.2, 0.25) is 0 Å². The van der Waals surface area contributed by atoms with Crippen LogP contribution in [0.4, 0.5) is 5.69 Å². The van der Waals surface area contributed by atoms with Gasteiger partial charge in [-0.25, -0.2) is 0 Å². The monoisotopic (exact) mass is 242 g/mol. The van der Waals surface area contributed by atoms with E-state index < -0.39 is 0 Å². The van der Waals surface area contributed by atoms with Crippen molar-refractivity contribution in [1.82, 2.24) is 4.98 Å². The predicted octanol–water partition coefficient (Wildman–Crippen LogP) is 4.33. The number of hydrogen-bond donors (Lipinski definition) is 1. The molecule has 1 aromatic carbocycles. The van der Waals surface area contributed by atoms with E-state index in [-0.39, 0.29) is 0 Å². The molecule has 0 aliphatic rings. The maximum atomic E-state index is 4.81. The summed E-state index contributed by atoms with van der Waals surface area (Å²) < 4.78 is 0. The summed E-state index contributed by atoms with van der Waals surface area (Å²) in [6.45, 7) is 10.8. The fourth-order valence-corrected chi connectivity index (χ4v) is 2.83. The van der Waals surface area contributed by atoms with Crippen LogP contribution in [0.3, 0.4) is 0 Å². The highest BCUT2D eigenvalue weighted by atomic mass is 14.9. The number of hydrogen-bond acceptors (Lipinski definition) is 2. The fraction of sp³-hybridized carbons (Fsp3) is 0.438. The molecule has 0 atom stereocenters. The van der Waals surface area contributed by atoms with Crippen molar-refractivity contribution in [2.45, 2.75) is 40.5 Å². The van der Waals surface area contributed by atoms with Crippen LogP contribution in [0, 0.1) is 20.8 Å². The third-order valence-electron chi connectivity index (χ3n) is 3.48. The van der Waals surface area contributed by atoms with Crippen molar-refractivity contribution < 1.29 is 0 Å². The summed E-state index contributed by atoms with van der Waals surface area (Å²) in [5.74, 6) is 0.477. The third-order valence-corrected chi connectivity index (χ3v) is 3.48. The first-order valence-corrected chi connectivity index (χ1v) is 6.55. The van der Waals surface area contributed by atoms with Gasteiger partial charge in [0.2, 0.25) is 0 Å². The van der Waals surface area contributed by atoms with Gasteiger partial charge >= 0.3 is 0 Å². The summed E-state index contributed by atoms with van der Waals surface area (Å²) in [7, 11) is 2.00. The lowest BCUT2D eigenvalue weighted by atomic mass is 9.95. The first kappa shape index (κ1) is 12.9. The number of anilines is 1. The zero-order valence-electron chi connectivity index (χ0n) is 12.2. The lowest BCUT2D eigenvalue weighted by Crippen LogP contribution is -2.04. The predicted molar refractivity (Wildman–Crippen MR) is 79.6 cm³/mol. The van der Waals surface area contributed by atoms with Crippen molar-refractivity contribution in [1.29, 1.82) is 0 Å². The number of rotatable bonds is 2. The minimum Gasteiger partial charge on any atom is -0.387 e. The van der Waals surface area contributed by atoms with Crippen LogP contribution in [0.5, 0.6) is 0 Å². The van der Waals surface area contributed by atoms with E-state index in [9.17, 15) is 0 Å². The van der Waals surface area contributed by atoms with Gasteiger partial charge in [0.25, 0.3) is 0 Å². The van der Waals surface area contributed by atoms with E-state index in [1.165, 1.54) is 27.8 Å². The van der Waals surface area contributed by atoms with E-state index in [4.69, 9.17) is 4.98 Å². The van der Waals surface area contributed by atoms with Gasteiger partial charge in [-0.1, -0.05) is 25.5 Å².